The molecule has 2 rings (SSSR count). The second kappa shape index (κ2) is 6.38. The van der Waals surface area contributed by atoms with Crippen molar-refractivity contribution in [1.82, 2.24) is 10.6 Å². The molecule has 1 aliphatic heterocycles. The van der Waals surface area contributed by atoms with Gasteiger partial charge in [-0.05, 0) is 31.2 Å². The first kappa shape index (κ1) is 14.3. The fourth-order valence-corrected chi connectivity index (χ4v) is 2.36. The van der Waals surface area contributed by atoms with Crippen LogP contribution in [-0.4, -0.2) is 44.0 Å². The van der Waals surface area contributed by atoms with Crippen LogP contribution in [-0.2, 0) is 4.79 Å². The van der Waals surface area contributed by atoms with Gasteiger partial charge in [-0.3, -0.25) is 9.59 Å². The summed E-state index contributed by atoms with van der Waals surface area (Å²) in [5, 5.41) is 6.08. The van der Waals surface area contributed by atoms with E-state index >= 15 is 0 Å². The van der Waals surface area contributed by atoms with Crippen molar-refractivity contribution >= 4 is 17.5 Å². The molecule has 1 saturated heterocycles. The second-order valence-electron chi connectivity index (χ2n) is 4.72. The lowest BCUT2D eigenvalue weighted by molar-refractivity contribution is -0.122. The van der Waals surface area contributed by atoms with Crippen molar-refractivity contribution in [2.24, 2.45) is 5.73 Å². The zero-order chi connectivity index (χ0) is 14.5. The van der Waals surface area contributed by atoms with Crippen LogP contribution in [0, 0.1) is 0 Å². The van der Waals surface area contributed by atoms with Crippen LogP contribution in [0.25, 0.3) is 0 Å². The van der Waals surface area contributed by atoms with Crippen LogP contribution in [0.4, 0.5) is 5.69 Å². The van der Waals surface area contributed by atoms with E-state index in [0.29, 0.717) is 18.7 Å². The Bertz CT molecular complexity index is 486. The molecule has 0 aromatic heterocycles. The number of hydrogen-bond donors (Lipinski definition) is 3. The third-order valence-corrected chi connectivity index (χ3v) is 3.38. The van der Waals surface area contributed by atoms with Crippen LogP contribution >= 0.6 is 0 Å². The molecule has 6 heteroatoms. The summed E-state index contributed by atoms with van der Waals surface area (Å²) in [4.78, 5) is 25.2. The van der Waals surface area contributed by atoms with Gasteiger partial charge in [-0.1, -0.05) is 0 Å². The number of piperazine rings is 1. The normalized spacial score (nSPS) is 18.6. The van der Waals surface area contributed by atoms with Gasteiger partial charge in [0.25, 0.3) is 0 Å². The topological polar surface area (TPSA) is 87.5 Å². The number of benzene rings is 1. The number of anilines is 1. The van der Waals surface area contributed by atoms with Gasteiger partial charge < -0.3 is 21.3 Å². The Labute approximate surface area is 118 Å². The molecule has 0 aliphatic carbocycles. The minimum atomic E-state index is -0.447. The standard InChI is InChI=1S/C14H20N4O2/c1-2-17-14(20)12-9-16-7-8-18(12)11-5-3-10(4-6-11)13(15)19/h3-6,12,16H,2,7-9H2,1H3,(H2,15,19)(H,17,20). The molecule has 0 radical (unpaired) electrons. The number of carbonyl (C=O) groups is 2. The zero-order valence-corrected chi connectivity index (χ0v) is 11.6. The third-order valence-electron chi connectivity index (χ3n) is 3.38. The van der Waals surface area contributed by atoms with Gasteiger partial charge in [0.1, 0.15) is 6.04 Å². The summed E-state index contributed by atoms with van der Waals surface area (Å²) in [5.74, 6) is -0.434. The number of carbonyl (C=O) groups excluding carboxylic acids is 2. The summed E-state index contributed by atoms with van der Waals surface area (Å²) < 4.78 is 0. The molecule has 1 aliphatic rings. The molecule has 1 heterocycles. The average Bonchev–Trinajstić information content (AvgIpc) is 2.47. The summed E-state index contributed by atoms with van der Waals surface area (Å²) in [6.45, 7) is 4.71. The number of nitrogens with zero attached hydrogens (tertiary/aromatic N) is 1. The summed E-state index contributed by atoms with van der Waals surface area (Å²) in [6.07, 6.45) is 0. The van der Waals surface area contributed by atoms with Crippen molar-refractivity contribution in [3.8, 4) is 0 Å². The molecule has 1 aromatic rings. The number of nitrogens with two attached hydrogens (primary N) is 1. The maximum absolute atomic E-state index is 12.1. The van der Waals surface area contributed by atoms with Crippen LogP contribution in [0.2, 0.25) is 0 Å². The van der Waals surface area contributed by atoms with E-state index in [0.717, 1.165) is 18.8 Å². The molecule has 0 saturated carbocycles. The minimum Gasteiger partial charge on any atom is -0.366 e. The zero-order valence-electron chi connectivity index (χ0n) is 11.6. The SMILES string of the molecule is CCNC(=O)C1CNCCN1c1ccc(C(N)=O)cc1. The van der Waals surface area contributed by atoms with Crippen molar-refractivity contribution in [2.45, 2.75) is 13.0 Å². The van der Waals surface area contributed by atoms with Crippen LogP contribution in [0.3, 0.4) is 0 Å². The molecule has 0 spiro atoms. The molecule has 1 aromatic carbocycles. The number of amides is 2. The molecule has 1 atom stereocenters. The average molecular weight is 276 g/mol. The van der Waals surface area contributed by atoms with Gasteiger partial charge in [-0.25, -0.2) is 0 Å². The molecule has 4 N–H and O–H groups in total. The van der Waals surface area contributed by atoms with Crippen molar-refractivity contribution in [3.63, 3.8) is 0 Å². The third kappa shape index (κ3) is 3.08. The van der Waals surface area contributed by atoms with Crippen molar-refractivity contribution in [2.75, 3.05) is 31.1 Å². The predicted octanol–water partition coefficient (Wildman–Crippen LogP) is -0.300. The number of primary amides is 1. The van der Waals surface area contributed by atoms with E-state index in [1.54, 1.807) is 12.1 Å². The molecule has 1 unspecified atom stereocenters. The van der Waals surface area contributed by atoms with Gasteiger partial charge in [0.2, 0.25) is 11.8 Å². The van der Waals surface area contributed by atoms with E-state index < -0.39 is 5.91 Å². The fourth-order valence-electron chi connectivity index (χ4n) is 2.36. The minimum absolute atomic E-state index is 0.0127. The lowest BCUT2D eigenvalue weighted by Crippen LogP contribution is -2.58. The second-order valence-corrected chi connectivity index (χ2v) is 4.72. The first-order chi connectivity index (χ1) is 9.63. The smallest absolute Gasteiger partial charge is 0.248 e. The molecule has 0 bridgehead atoms. The summed E-state index contributed by atoms with van der Waals surface area (Å²) in [6, 6.07) is 6.81. The quantitative estimate of drug-likeness (QED) is 0.704. The summed E-state index contributed by atoms with van der Waals surface area (Å²) in [5.41, 5.74) is 6.63. The fraction of sp³-hybridized carbons (Fsp3) is 0.429. The lowest BCUT2D eigenvalue weighted by Gasteiger charge is -2.37. The van der Waals surface area contributed by atoms with Crippen LogP contribution in [0.15, 0.2) is 24.3 Å². The monoisotopic (exact) mass is 276 g/mol. The highest BCUT2D eigenvalue weighted by Gasteiger charge is 2.28. The van der Waals surface area contributed by atoms with Gasteiger partial charge in [-0.15, -0.1) is 0 Å². The van der Waals surface area contributed by atoms with E-state index in [2.05, 4.69) is 10.6 Å². The highest BCUT2D eigenvalue weighted by atomic mass is 16.2. The van der Waals surface area contributed by atoms with E-state index in [1.807, 2.05) is 24.0 Å². The highest BCUT2D eigenvalue weighted by Crippen LogP contribution is 2.19. The van der Waals surface area contributed by atoms with Gasteiger partial charge >= 0.3 is 0 Å². The van der Waals surface area contributed by atoms with Crippen LogP contribution in [0.5, 0.6) is 0 Å². The molecule has 20 heavy (non-hydrogen) atoms. The van der Waals surface area contributed by atoms with E-state index in [9.17, 15) is 9.59 Å². The largest absolute Gasteiger partial charge is 0.366 e. The summed E-state index contributed by atoms with van der Waals surface area (Å²) in [7, 11) is 0. The molecule has 2 amide bonds. The Morgan fingerprint density at radius 1 is 1.40 bits per heavy atom. The van der Waals surface area contributed by atoms with Crippen molar-refractivity contribution in [1.29, 1.82) is 0 Å². The Morgan fingerprint density at radius 3 is 2.70 bits per heavy atom. The van der Waals surface area contributed by atoms with E-state index in [4.69, 9.17) is 5.73 Å². The van der Waals surface area contributed by atoms with Gasteiger partial charge in [-0.2, -0.15) is 0 Å². The predicted molar refractivity (Wildman–Crippen MR) is 77.6 cm³/mol. The molecule has 108 valence electrons. The number of nitrogens with one attached hydrogen (secondary N) is 2. The Kier molecular flexibility index (Phi) is 4.57. The van der Waals surface area contributed by atoms with Crippen LogP contribution < -0.4 is 21.3 Å². The van der Waals surface area contributed by atoms with E-state index in [1.165, 1.54) is 0 Å². The maximum Gasteiger partial charge on any atom is 0.248 e. The van der Waals surface area contributed by atoms with E-state index in [-0.39, 0.29) is 11.9 Å². The van der Waals surface area contributed by atoms with Gasteiger partial charge in [0.15, 0.2) is 0 Å². The first-order valence-corrected chi connectivity index (χ1v) is 6.78. The molecular formula is C14H20N4O2. The van der Waals surface area contributed by atoms with Crippen molar-refractivity contribution in [3.05, 3.63) is 29.8 Å². The highest BCUT2D eigenvalue weighted by molar-refractivity contribution is 5.93. The van der Waals surface area contributed by atoms with Crippen molar-refractivity contribution < 1.29 is 9.59 Å². The molecular weight excluding hydrogens is 256 g/mol. The molecule has 6 nitrogen and oxygen atoms in total. The number of rotatable bonds is 4. The molecule has 1 fully saturated rings. The maximum atomic E-state index is 12.1. The Hall–Kier alpha value is -2.08. The summed E-state index contributed by atoms with van der Waals surface area (Å²) >= 11 is 0. The van der Waals surface area contributed by atoms with Crippen LogP contribution in [0.1, 0.15) is 17.3 Å². The number of hydrogen-bond acceptors (Lipinski definition) is 4. The van der Waals surface area contributed by atoms with Gasteiger partial charge in [0, 0.05) is 37.4 Å². The number of likely N-dealkylation sites (N-methyl/N-ethyl adjacent to an activating group) is 1. The lowest BCUT2D eigenvalue weighted by atomic mass is 10.1. The van der Waals surface area contributed by atoms with Gasteiger partial charge in [0.05, 0.1) is 0 Å². The Morgan fingerprint density at radius 2 is 2.10 bits per heavy atom. The Balaban J connectivity index is 2.18. The first-order valence-electron chi connectivity index (χ1n) is 6.78.